The summed E-state index contributed by atoms with van der Waals surface area (Å²) in [6, 6.07) is 1.36. The fourth-order valence-electron chi connectivity index (χ4n) is 3.21. The Hall–Kier alpha value is -1.07. The lowest BCUT2D eigenvalue weighted by Crippen LogP contribution is -2.42. The predicted octanol–water partition coefficient (Wildman–Crippen LogP) is 2.72. The number of rotatable bonds is 2. The fraction of sp³-hybridized carbons (Fsp3) is 0.571. The highest BCUT2D eigenvalue weighted by Gasteiger charge is 2.43. The summed E-state index contributed by atoms with van der Waals surface area (Å²) in [7, 11) is 0. The number of fused-ring (bicyclic) bond motifs is 2. The van der Waals surface area contributed by atoms with Gasteiger partial charge in [0.05, 0.1) is 17.8 Å². The van der Waals surface area contributed by atoms with Crippen LogP contribution >= 0.6 is 0 Å². The highest BCUT2D eigenvalue weighted by Crippen LogP contribution is 2.40. The molecule has 2 saturated heterocycles. The van der Waals surface area contributed by atoms with E-state index in [0.717, 1.165) is 18.9 Å². The average molecular weight is 272 g/mol. The summed E-state index contributed by atoms with van der Waals surface area (Å²) >= 11 is 0. The van der Waals surface area contributed by atoms with E-state index in [-0.39, 0.29) is 24.2 Å². The van der Waals surface area contributed by atoms with Gasteiger partial charge < -0.3 is 9.84 Å². The lowest BCUT2D eigenvalue weighted by molar-refractivity contribution is -0.110. The molecule has 2 fully saturated rings. The molecule has 2 aliphatic rings. The smallest absolute Gasteiger partial charge is 0.161 e. The second kappa shape index (κ2) is 4.49. The SMILES string of the molecule is OC1(Cc2cc(F)c(F)cc2F)CC2CCC(C1)O2. The summed E-state index contributed by atoms with van der Waals surface area (Å²) in [4.78, 5) is 0. The predicted molar refractivity (Wildman–Crippen MR) is 62.1 cm³/mol. The molecule has 1 N–H and O–H groups in total. The van der Waals surface area contributed by atoms with Crippen molar-refractivity contribution in [3.05, 3.63) is 35.1 Å². The zero-order valence-electron chi connectivity index (χ0n) is 10.3. The molecule has 19 heavy (non-hydrogen) atoms. The molecular formula is C14H15F3O2. The number of aliphatic hydroxyl groups is 1. The Labute approximate surface area is 109 Å². The average Bonchev–Trinajstić information content (AvgIpc) is 2.66. The Bertz CT molecular complexity index is 492. The first kappa shape index (κ1) is 12.9. The Morgan fingerprint density at radius 3 is 2.26 bits per heavy atom. The maximum Gasteiger partial charge on any atom is 0.161 e. The molecular weight excluding hydrogens is 257 g/mol. The lowest BCUT2D eigenvalue weighted by Gasteiger charge is -2.36. The van der Waals surface area contributed by atoms with Gasteiger partial charge in [-0.2, -0.15) is 0 Å². The Kier molecular flexibility index (Phi) is 3.06. The van der Waals surface area contributed by atoms with Crippen LogP contribution in [0.5, 0.6) is 0 Å². The molecule has 1 aromatic rings. The highest BCUT2D eigenvalue weighted by molar-refractivity contribution is 5.22. The molecule has 2 nitrogen and oxygen atoms in total. The molecule has 0 radical (unpaired) electrons. The molecule has 0 aliphatic carbocycles. The molecule has 0 saturated carbocycles. The van der Waals surface area contributed by atoms with Crippen LogP contribution in [-0.4, -0.2) is 22.9 Å². The van der Waals surface area contributed by atoms with E-state index in [9.17, 15) is 18.3 Å². The maximum atomic E-state index is 13.6. The number of ether oxygens (including phenoxy) is 1. The van der Waals surface area contributed by atoms with Gasteiger partial charge in [-0.3, -0.25) is 0 Å². The van der Waals surface area contributed by atoms with Crippen molar-refractivity contribution in [2.24, 2.45) is 0 Å². The molecule has 5 heteroatoms. The zero-order valence-corrected chi connectivity index (χ0v) is 10.3. The third-order valence-electron chi connectivity index (χ3n) is 4.02. The topological polar surface area (TPSA) is 29.5 Å². The van der Waals surface area contributed by atoms with Crippen molar-refractivity contribution in [1.82, 2.24) is 0 Å². The number of halogens is 3. The fourth-order valence-corrected chi connectivity index (χ4v) is 3.21. The Morgan fingerprint density at radius 1 is 1.05 bits per heavy atom. The van der Waals surface area contributed by atoms with Crippen LogP contribution in [0.15, 0.2) is 12.1 Å². The molecule has 0 amide bonds. The standard InChI is InChI=1S/C14H15F3O2/c15-11-4-13(17)12(16)3-8(11)5-14(18)6-9-1-2-10(7-14)19-9/h3-4,9-10,18H,1-2,5-7H2. The van der Waals surface area contributed by atoms with Gasteiger partial charge in [-0.15, -0.1) is 0 Å². The minimum absolute atomic E-state index is 0.00268. The summed E-state index contributed by atoms with van der Waals surface area (Å²) in [5.41, 5.74) is -1.07. The van der Waals surface area contributed by atoms with Crippen LogP contribution in [0.3, 0.4) is 0 Å². The second-order valence-electron chi connectivity index (χ2n) is 5.62. The minimum atomic E-state index is -1.21. The van der Waals surface area contributed by atoms with Crippen LogP contribution in [0, 0.1) is 17.5 Å². The maximum absolute atomic E-state index is 13.6. The van der Waals surface area contributed by atoms with Gasteiger partial charge in [-0.1, -0.05) is 0 Å². The van der Waals surface area contributed by atoms with Gasteiger partial charge in [0.2, 0.25) is 0 Å². The van der Waals surface area contributed by atoms with Gasteiger partial charge >= 0.3 is 0 Å². The highest BCUT2D eigenvalue weighted by atomic mass is 19.2. The molecule has 2 bridgehead atoms. The van der Waals surface area contributed by atoms with Crippen molar-refractivity contribution in [2.45, 2.75) is 49.9 Å². The van der Waals surface area contributed by atoms with Crippen LogP contribution in [0.1, 0.15) is 31.2 Å². The van der Waals surface area contributed by atoms with Crippen LogP contribution in [-0.2, 0) is 11.2 Å². The van der Waals surface area contributed by atoms with Crippen LogP contribution < -0.4 is 0 Å². The van der Waals surface area contributed by atoms with Crippen molar-refractivity contribution < 1.29 is 23.0 Å². The third kappa shape index (κ3) is 2.49. The molecule has 0 aromatic heterocycles. The van der Waals surface area contributed by atoms with Crippen LogP contribution in [0.4, 0.5) is 13.2 Å². The first-order chi connectivity index (χ1) is 8.95. The lowest BCUT2D eigenvalue weighted by atomic mass is 9.84. The summed E-state index contributed by atoms with van der Waals surface area (Å²) < 4.78 is 45.3. The van der Waals surface area contributed by atoms with Crippen molar-refractivity contribution >= 4 is 0 Å². The minimum Gasteiger partial charge on any atom is -0.389 e. The normalized spacial score (nSPS) is 33.7. The first-order valence-corrected chi connectivity index (χ1v) is 6.46. The van der Waals surface area contributed by atoms with Gasteiger partial charge in [0.1, 0.15) is 5.82 Å². The van der Waals surface area contributed by atoms with E-state index in [1.165, 1.54) is 0 Å². The monoisotopic (exact) mass is 272 g/mol. The van der Waals surface area contributed by atoms with Crippen LogP contribution in [0.25, 0.3) is 0 Å². The molecule has 2 heterocycles. The van der Waals surface area contributed by atoms with E-state index in [0.29, 0.717) is 18.9 Å². The van der Waals surface area contributed by atoms with Crippen molar-refractivity contribution in [3.63, 3.8) is 0 Å². The molecule has 2 unspecified atom stereocenters. The summed E-state index contributed by atoms with van der Waals surface area (Å²) in [6.45, 7) is 0. The molecule has 3 rings (SSSR count). The molecule has 1 aromatic carbocycles. The Morgan fingerprint density at radius 2 is 1.63 bits per heavy atom. The van der Waals surface area contributed by atoms with Gasteiger partial charge in [0, 0.05) is 25.3 Å². The van der Waals surface area contributed by atoms with Crippen molar-refractivity contribution in [1.29, 1.82) is 0 Å². The number of benzene rings is 1. The second-order valence-corrected chi connectivity index (χ2v) is 5.62. The molecule has 104 valence electrons. The van der Waals surface area contributed by atoms with Gasteiger partial charge in [-0.25, -0.2) is 13.2 Å². The Balaban J connectivity index is 1.83. The van der Waals surface area contributed by atoms with E-state index in [2.05, 4.69) is 0 Å². The summed E-state index contributed by atoms with van der Waals surface area (Å²) in [5, 5.41) is 10.5. The van der Waals surface area contributed by atoms with E-state index >= 15 is 0 Å². The largest absolute Gasteiger partial charge is 0.389 e. The van der Waals surface area contributed by atoms with E-state index in [1.807, 2.05) is 0 Å². The number of hydrogen-bond acceptors (Lipinski definition) is 2. The number of hydrogen-bond donors (Lipinski definition) is 1. The quantitative estimate of drug-likeness (QED) is 0.839. The molecule has 2 atom stereocenters. The summed E-state index contributed by atoms with van der Waals surface area (Å²) in [6.07, 6.45) is 2.62. The van der Waals surface area contributed by atoms with Gasteiger partial charge in [0.25, 0.3) is 0 Å². The van der Waals surface area contributed by atoms with Crippen LogP contribution in [0.2, 0.25) is 0 Å². The van der Waals surface area contributed by atoms with Crippen molar-refractivity contribution in [3.8, 4) is 0 Å². The zero-order chi connectivity index (χ0) is 13.6. The van der Waals surface area contributed by atoms with E-state index in [4.69, 9.17) is 4.74 Å². The van der Waals surface area contributed by atoms with Gasteiger partial charge in [0.15, 0.2) is 11.6 Å². The summed E-state index contributed by atoms with van der Waals surface area (Å²) in [5.74, 6) is -3.11. The molecule has 2 aliphatic heterocycles. The first-order valence-electron chi connectivity index (χ1n) is 6.46. The third-order valence-corrected chi connectivity index (χ3v) is 4.02. The van der Waals surface area contributed by atoms with E-state index in [1.54, 1.807) is 0 Å². The van der Waals surface area contributed by atoms with E-state index < -0.39 is 23.1 Å². The van der Waals surface area contributed by atoms with Gasteiger partial charge in [-0.05, 0) is 24.5 Å². The van der Waals surface area contributed by atoms with Crippen molar-refractivity contribution in [2.75, 3.05) is 0 Å². The molecule has 0 spiro atoms.